The van der Waals surface area contributed by atoms with E-state index in [2.05, 4.69) is 5.32 Å². The van der Waals surface area contributed by atoms with Crippen LogP contribution < -0.4 is 20.5 Å². The van der Waals surface area contributed by atoms with Crippen LogP contribution in [0.4, 0.5) is 5.69 Å². The highest BCUT2D eigenvalue weighted by Crippen LogP contribution is 2.35. The summed E-state index contributed by atoms with van der Waals surface area (Å²) in [6.07, 6.45) is 0. The Balaban J connectivity index is 0.00000289. The van der Waals surface area contributed by atoms with E-state index in [0.717, 1.165) is 0 Å². The third-order valence-electron chi connectivity index (χ3n) is 2.15. The van der Waals surface area contributed by atoms with Gasteiger partial charge in [0.15, 0.2) is 0 Å². The van der Waals surface area contributed by atoms with E-state index in [9.17, 15) is 4.79 Å². The Morgan fingerprint density at radius 1 is 1.33 bits per heavy atom. The number of hydrogen-bond acceptors (Lipinski definition) is 4. The quantitative estimate of drug-likeness (QED) is 0.891. The molecule has 1 aromatic carbocycles. The number of hydrogen-bond donors (Lipinski definition) is 2. The van der Waals surface area contributed by atoms with Crippen molar-refractivity contribution >= 4 is 35.6 Å². The molecule has 0 aromatic heterocycles. The van der Waals surface area contributed by atoms with E-state index in [1.807, 2.05) is 0 Å². The maximum absolute atomic E-state index is 11.5. The van der Waals surface area contributed by atoms with Crippen LogP contribution in [0, 0.1) is 0 Å². The lowest BCUT2D eigenvalue weighted by Gasteiger charge is -2.14. The van der Waals surface area contributed by atoms with Gasteiger partial charge in [0.05, 0.1) is 31.0 Å². The topological polar surface area (TPSA) is 73.6 Å². The summed E-state index contributed by atoms with van der Waals surface area (Å²) in [7, 11) is 2.98. The second kappa shape index (κ2) is 7.31. The van der Waals surface area contributed by atoms with Crippen molar-refractivity contribution in [2.45, 2.75) is 13.0 Å². The summed E-state index contributed by atoms with van der Waals surface area (Å²) in [5.74, 6) is 0.588. The highest BCUT2D eigenvalue weighted by atomic mass is 35.5. The molecule has 1 unspecified atom stereocenters. The average molecular weight is 295 g/mol. The lowest BCUT2D eigenvalue weighted by molar-refractivity contribution is -0.117. The summed E-state index contributed by atoms with van der Waals surface area (Å²) in [5.41, 5.74) is 5.93. The summed E-state index contributed by atoms with van der Waals surface area (Å²) in [6.45, 7) is 1.59. The first-order valence-corrected chi connectivity index (χ1v) is 5.35. The minimum absolute atomic E-state index is 0. The first-order chi connectivity index (χ1) is 7.99. The number of carbonyl (C=O) groups excluding carboxylic acids is 1. The van der Waals surface area contributed by atoms with Crippen molar-refractivity contribution in [3.63, 3.8) is 0 Å². The zero-order valence-corrected chi connectivity index (χ0v) is 11.9. The fraction of sp³-hybridized carbons (Fsp3) is 0.364. The summed E-state index contributed by atoms with van der Waals surface area (Å²) < 4.78 is 10.2. The first kappa shape index (κ1) is 16.8. The third-order valence-corrected chi connectivity index (χ3v) is 2.44. The number of amides is 1. The van der Waals surface area contributed by atoms with E-state index in [0.29, 0.717) is 22.2 Å². The average Bonchev–Trinajstić information content (AvgIpc) is 2.30. The van der Waals surface area contributed by atoms with Crippen LogP contribution in [-0.4, -0.2) is 26.2 Å². The molecule has 0 heterocycles. The van der Waals surface area contributed by atoms with Crippen LogP contribution in [0.1, 0.15) is 6.92 Å². The Bertz CT molecular complexity index is 425. The van der Waals surface area contributed by atoms with Crippen LogP contribution in [0.5, 0.6) is 11.5 Å². The molecule has 0 aliphatic rings. The van der Waals surface area contributed by atoms with E-state index in [1.165, 1.54) is 14.2 Å². The molecule has 7 heteroatoms. The molecule has 1 amide bonds. The number of nitrogens with two attached hydrogens (primary N) is 1. The molecule has 0 aliphatic carbocycles. The van der Waals surface area contributed by atoms with E-state index in [1.54, 1.807) is 19.1 Å². The van der Waals surface area contributed by atoms with Gasteiger partial charge in [-0.1, -0.05) is 11.6 Å². The van der Waals surface area contributed by atoms with Gasteiger partial charge in [0.25, 0.3) is 0 Å². The maximum atomic E-state index is 11.5. The first-order valence-electron chi connectivity index (χ1n) is 4.97. The van der Waals surface area contributed by atoms with E-state index >= 15 is 0 Å². The monoisotopic (exact) mass is 294 g/mol. The van der Waals surface area contributed by atoms with Gasteiger partial charge in [-0.15, -0.1) is 12.4 Å². The number of carbonyl (C=O) groups is 1. The lowest BCUT2D eigenvalue weighted by atomic mass is 10.2. The van der Waals surface area contributed by atoms with Crippen LogP contribution >= 0.6 is 24.0 Å². The molecule has 0 saturated heterocycles. The van der Waals surface area contributed by atoms with Crippen molar-refractivity contribution in [1.29, 1.82) is 0 Å². The van der Waals surface area contributed by atoms with Crippen LogP contribution in [0.25, 0.3) is 0 Å². The molecule has 5 nitrogen and oxygen atoms in total. The molecule has 0 aliphatic heterocycles. The predicted molar refractivity (Wildman–Crippen MR) is 74.1 cm³/mol. The molecule has 1 atom stereocenters. The van der Waals surface area contributed by atoms with Gasteiger partial charge in [0.2, 0.25) is 5.91 Å². The van der Waals surface area contributed by atoms with Crippen molar-refractivity contribution in [1.82, 2.24) is 0 Å². The molecule has 18 heavy (non-hydrogen) atoms. The normalized spacial score (nSPS) is 11.2. The fourth-order valence-corrected chi connectivity index (χ4v) is 1.44. The van der Waals surface area contributed by atoms with Gasteiger partial charge in [-0.2, -0.15) is 0 Å². The number of nitrogens with one attached hydrogen (secondary N) is 1. The van der Waals surface area contributed by atoms with Crippen molar-refractivity contribution < 1.29 is 14.3 Å². The molecular weight excluding hydrogens is 279 g/mol. The Kier molecular flexibility index (Phi) is 6.83. The number of ether oxygens (including phenoxy) is 2. The molecule has 0 bridgehead atoms. The number of halogens is 2. The molecular formula is C11H16Cl2N2O3. The minimum atomic E-state index is -0.610. The zero-order chi connectivity index (χ0) is 13.0. The standard InChI is InChI=1S/C11H15ClN2O3.ClH/c1-6(13)11(15)14-8-5-9(16-2)7(12)4-10(8)17-3;/h4-6H,13H2,1-3H3,(H,14,15);1H. The van der Waals surface area contributed by atoms with E-state index in [-0.39, 0.29) is 18.3 Å². The van der Waals surface area contributed by atoms with Crippen LogP contribution in [0.2, 0.25) is 5.02 Å². The molecule has 1 rings (SSSR count). The second-order valence-corrected chi connectivity index (χ2v) is 3.87. The Morgan fingerprint density at radius 3 is 2.33 bits per heavy atom. The molecule has 0 saturated carbocycles. The SMILES string of the molecule is COc1cc(NC(=O)C(C)N)c(OC)cc1Cl.Cl. The number of methoxy groups -OCH3 is 2. The molecule has 0 spiro atoms. The molecule has 3 N–H and O–H groups in total. The van der Waals surface area contributed by atoms with Crippen LogP contribution in [0.3, 0.4) is 0 Å². The van der Waals surface area contributed by atoms with E-state index < -0.39 is 6.04 Å². The maximum Gasteiger partial charge on any atom is 0.241 e. The predicted octanol–water partition coefficient (Wildman–Crippen LogP) is 2.06. The third kappa shape index (κ3) is 3.94. The van der Waals surface area contributed by atoms with Gasteiger partial charge >= 0.3 is 0 Å². The zero-order valence-electron chi connectivity index (χ0n) is 10.3. The van der Waals surface area contributed by atoms with Crippen molar-refractivity contribution in [2.75, 3.05) is 19.5 Å². The van der Waals surface area contributed by atoms with Crippen molar-refractivity contribution in [2.24, 2.45) is 5.73 Å². The van der Waals surface area contributed by atoms with Crippen molar-refractivity contribution in [3.8, 4) is 11.5 Å². The second-order valence-electron chi connectivity index (χ2n) is 3.46. The summed E-state index contributed by atoms with van der Waals surface area (Å²) in [5, 5.41) is 3.04. The van der Waals surface area contributed by atoms with Gasteiger partial charge in [-0.25, -0.2) is 0 Å². The number of anilines is 1. The molecule has 0 radical (unpaired) electrons. The van der Waals surface area contributed by atoms with Gasteiger partial charge in [0, 0.05) is 12.1 Å². The molecule has 0 fully saturated rings. The fourth-order valence-electron chi connectivity index (χ4n) is 1.20. The highest BCUT2D eigenvalue weighted by Gasteiger charge is 2.14. The van der Waals surface area contributed by atoms with Crippen molar-refractivity contribution in [3.05, 3.63) is 17.2 Å². The number of benzene rings is 1. The Hall–Kier alpha value is -1.17. The van der Waals surface area contributed by atoms with Gasteiger partial charge in [0.1, 0.15) is 11.5 Å². The Labute approximate surface area is 117 Å². The summed E-state index contributed by atoms with van der Waals surface area (Å²) in [6, 6.07) is 2.54. The highest BCUT2D eigenvalue weighted by molar-refractivity contribution is 6.32. The Morgan fingerprint density at radius 2 is 1.89 bits per heavy atom. The molecule has 102 valence electrons. The van der Waals surface area contributed by atoms with Crippen LogP contribution in [0.15, 0.2) is 12.1 Å². The van der Waals surface area contributed by atoms with Gasteiger partial charge in [-0.05, 0) is 6.92 Å². The smallest absolute Gasteiger partial charge is 0.241 e. The van der Waals surface area contributed by atoms with Crippen LogP contribution in [-0.2, 0) is 4.79 Å². The number of rotatable bonds is 4. The van der Waals surface area contributed by atoms with Gasteiger partial charge < -0.3 is 20.5 Å². The minimum Gasteiger partial charge on any atom is -0.495 e. The lowest BCUT2D eigenvalue weighted by Crippen LogP contribution is -2.32. The summed E-state index contributed by atoms with van der Waals surface area (Å²) in [4.78, 5) is 11.5. The van der Waals surface area contributed by atoms with Gasteiger partial charge in [-0.3, -0.25) is 4.79 Å². The molecule has 1 aromatic rings. The largest absolute Gasteiger partial charge is 0.495 e. The summed E-state index contributed by atoms with van der Waals surface area (Å²) >= 11 is 5.94. The van der Waals surface area contributed by atoms with E-state index in [4.69, 9.17) is 26.8 Å².